The molecule has 0 bridgehead atoms. The summed E-state index contributed by atoms with van der Waals surface area (Å²) >= 11 is 0. The van der Waals surface area contributed by atoms with E-state index >= 15 is 0 Å². The molecular weight excluding hydrogens is 202 g/mol. The highest BCUT2D eigenvalue weighted by Gasteiger charge is 2.07. The number of pyridine rings is 1. The first-order valence-corrected chi connectivity index (χ1v) is 4.73. The van der Waals surface area contributed by atoms with Crippen LogP contribution in [0, 0.1) is 11.6 Å². The fourth-order valence-corrected chi connectivity index (χ4v) is 1.16. The molecule has 0 fully saturated rings. The fraction of sp³-hybridized carbons (Fsp3) is 0.500. The summed E-state index contributed by atoms with van der Waals surface area (Å²) in [5.41, 5.74) is 0.0300. The molecule has 1 N–H and O–H groups in total. The number of hydrogen-bond acceptors (Lipinski definition) is 3. The largest absolute Gasteiger partial charge is 0.385 e. The van der Waals surface area contributed by atoms with E-state index in [2.05, 4.69) is 10.3 Å². The van der Waals surface area contributed by atoms with Gasteiger partial charge in [-0.15, -0.1) is 0 Å². The zero-order chi connectivity index (χ0) is 11.1. The number of methoxy groups -OCH3 is 1. The van der Waals surface area contributed by atoms with Crippen LogP contribution in [0.2, 0.25) is 0 Å². The Bertz CT molecular complexity index is 287. The van der Waals surface area contributed by atoms with E-state index < -0.39 is 11.6 Å². The zero-order valence-electron chi connectivity index (χ0n) is 8.59. The van der Waals surface area contributed by atoms with Gasteiger partial charge in [0.25, 0.3) is 0 Å². The Morgan fingerprint density at radius 2 is 2.00 bits per heavy atom. The van der Waals surface area contributed by atoms with E-state index in [0.29, 0.717) is 13.2 Å². The van der Waals surface area contributed by atoms with Crippen LogP contribution in [-0.2, 0) is 11.3 Å². The molecule has 5 heteroatoms. The van der Waals surface area contributed by atoms with Crippen molar-refractivity contribution >= 4 is 0 Å². The number of nitrogens with zero attached hydrogens (tertiary/aromatic N) is 1. The Hall–Kier alpha value is -1.07. The first kappa shape index (κ1) is 12.0. The number of halogens is 2. The molecule has 0 saturated heterocycles. The fourth-order valence-electron chi connectivity index (χ4n) is 1.16. The molecule has 1 aromatic heterocycles. The lowest BCUT2D eigenvalue weighted by atomic mass is 10.2. The van der Waals surface area contributed by atoms with Crippen LogP contribution < -0.4 is 5.32 Å². The lowest BCUT2D eigenvalue weighted by Crippen LogP contribution is -2.18. The molecule has 15 heavy (non-hydrogen) atoms. The number of aromatic nitrogens is 1. The molecular formula is C10H14F2N2O. The van der Waals surface area contributed by atoms with Gasteiger partial charge < -0.3 is 10.1 Å². The Morgan fingerprint density at radius 3 is 2.60 bits per heavy atom. The molecule has 0 aromatic carbocycles. The van der Waals surface area contributed by atoms with Gasteiger partial charge in [-0.3, -0.25) is 4.98 Å². The minimum atomic E-state index is -0.616. The van der Waals surface area contributed by atoms with Crippen molar-refractivity contribution in [1.82, 2.24) is 10.3 Å². The van der Waals surface area contributed by atoms with Crippen molar-refractivity contribution < 1.29 is 13.5 Å². The van der Waals surface area contributed by atoms with Crippen molar-refractivity contribution in [2.45, 2.75) is 13.0 Å². The Labute approximate surface area is 87.5 Å². The van der Waals surface area contributed by atoms with Gasteiger partial charge in [-0.25, -0.2) is 8.78 Å². The average Bonchev–Trinajstić information content (AvgIpc) is 2.21. The predicted molar refractivity (Wildman–Crippen MR) is 52.4 cm³/mol. The predicted octanol–water partition coefficient (Wildman–Crippen LogP) is 1.49. The highest BCUT2D eigenvalue weighted by Crippen LogP contribution is 2.09. The molecule has 0 radical (unpaired) electrons. The van der Waals surface area contributed by atoms with Gasteiger partial charge in [0, 0.05) is 25.8 Å². The maximum absolute atomic E-state index is 13.1. The van der Waals surface area contributed by atoms with Crippen LogP contribution in [0.5, 0.6) is 0 Å². The number of hydrogen-bond donors (Lipinski definition) is 1. The lowest BCUT2D eigenvalue weighted by molar-refractivity contribution is 0.194. The van der Waals surface area contributed by atoms with Crippen molar-refractivity contribution in [1.29, 1.82) is 0 Å². The molecule has 0 atom stereocenters. The second-order valence-corrected chi connectivity index (χ2v) is 3.10. The molecule has 84 valence electrons. The topological polar surface area (TPSA) is 34.1 Å². The molecule has 1 heterocycles. The van der Waals surface area contributed by atoms with Crippen LogP contribution in [0.4, 0.5) is 8.78 Å². The molecule has 0 aliphatic carbocycles. The molecule has 3 nitrogen and oxygen atoms in total. The van der Waals surface area contributed by atoms with Crippen molar-refractivity contribution in [3.8, 4) is 0 Å². The first-order valence-electron chi connectivity index (χ1n) is 4.73. The van der Waals surface area contributed by atoms with Crippen molar-refractivity contribution in [2.24, 2.45) is 0 Å². The Balaban J connectivity index is 2.37. The monoisotopic (exact) mass is 216 g/mol. The van der Waals surface area contributed by atoms with Gasteiger partial charge in [-0.1, -0.05) is 0 Å². The minimum Gasteiger partial charge on any atom is -0.385 e. The van der Waals surface area contributed by atoms with Crippen molar-refractivity contribution in [3.05, 3.63) is 29.6 Å². The van der Waals surface area contributed by atoms with Gasteiger partial charge in [-0.2, -0.15) is 0 Å². The summed E-state index contributed by atoms with van der Waals surface area (Å²) in [4.78, 5) is 3.40. The summed E-state index contributed by atoms with van der Waals surface area (Å²) in [5, 5.41) is 2.93. The standard InChI is InChI=1S/C10H14F2N2O/c1-15-4-2-3-13-5-8-9(11)6-14-7-10(8)12/h6-7,13H,2-5H2,1H3. The van der Waals surface area contributed by atoms with E-state index in [-0.39, 0.29) is 12.1 Å². The average molecular weight is 216 g/mol. The summed E-state index contributed by atoms with van der Waals surface area (Å²) in [6.45, 7) is 1.47. The molecule has 0 aliphatic rings. The van der Waals surface area contributed by atoms with Gasteiger partial charge in [0.2, 0.25) is 0 Å². The van der Waals surface area contributed by atoms with Crippen LogP contribution in [0.15, 0.2) is 12.4 Å². The van der Waals surface area contributed by atoms with E-state index in [1.807, 2.05) is 0 Å². The third-order valence-electron chi connectivity index (χ3n) is 1.96. The molecule has 0 amide bonds. The Morgan fingerprint density at radius 1 is 1.33 bits per heavy atom. The smallest absolute Gasteiger partial charge is 0.148 e. The summed E-state index contributed by atoms with van der Waals surface area (Å²) in [5.74, 6) is -1.23. The first-order chi connectivity index (χ1) is 7.25. The van der Waals surface area contributed by atoms with E-state index in [0.717, 1.165) is 18.8 Å². The molecule has 0 unspecified atom stereocenters. The Kier molecular flexibility index (Phi) is 5.14. The molecule has 0 saturated carbocycles. The second kappa shape index (κ2) is 6.42. The summed E-state index contributed by atoms with van der Waals surface area (Å²) in [6, 6.07) is 0. The van der Waals surface area contributed by atoms with Gasteiger partial charge in [0.05, 0.1) is 12.4 Å². The third-order valence-corrected chi connectivity index (χ3v) is 1.96. The maximum atomic E-state index is 13.1. The molecule has 1 rings (SSSR count). The van der Waals surface area contributed by atoms with Gasteiger partial charge in [-0.05, 0) is 13.0 Å². The number of nitrogens with one attached hydrogen (secondary N) is 1. The van der Waals surface area contributed by atoms with E-state index in [1.165, 1.54) is 0 Å². The lowest BCUT2D eigenvalue weighted by Gasteiger charge is -2.06. The van der Waals surface area contributed by atoms with Gasteiger partial charge in [0.15, 0.2) is 0 Å². The number of rotatable bonds is 6. The highest BCUT2D eigenvalue weighted by atomic mass is 19.1. The number of ether oxygens (including phenoxy) is 1. The van der Waals surface area contributed by atoms with Gasteiger partial charge in [0.1, 0.15) is 11.6 Å². The van der Waals surface area contributed by atoms with Gasteiger partial charge >= 0.3 is 0 Å². The highest BCUT2D eigenvalue weighted by molar-refractivity contribution is 5.14. The second-order valence-electron chi connectivity index (χ2n) is 3.10. The van der Waals surface area contributed by atoms with Crippen LogP contribution >= 0.6 is 0 Å². The molecule has 0 spiro atoms. The SMILES string of the molecule is COCCCNCc1c(F)cncc1F. The summed E-state index contributed by atoms with van der Waals surface area (Å²) in [7, 11) is 1.61. The molecule has 1 aromatic rings. The van der Waals surface area contributed by atoms with Crippen molar-refractivity contribution in [2.75, 3.05) is 20.3 Å². The molecule has 0 aliphatic heterocycles. The zero-order valence-corrected chi connectivity index (χ0v) is 8.59. The van der Waals surface area contributed by atoms with Crippen LogP contribution in [0.1, 0.15) is 12.0 Å². The van der Waals surface area contributed by atoms with Crippen molar-refractivity contribution in [3.63, 3.8) is 0 Å². The van der Waals surface area contributed by atoms with E-state index in [4.69, 9.17) is 4.74 Å². The van der Waals surface area contributed by atoms with E-state index in [9.17, 15) is 8.78 Å². The quantitative estimate of drug-likeness (QED) is 0.731. The summed E-state index contributed by atoms with van der Waals surface area (Å²) < 4.78 is 31.0. The third kappa shape index (κ3) is 3.89. The summed E-state index contributed by atoms with van der Waals surface area (Å²) in [6.07, 6.45) is 2.83. The van der Waals surface area contributed by atoms with Crippen LogP contribution in [0.25, 0.3) is 0 Å². The normalized spacial score (nSPS) is 10.6. The van der Waals surface area contributed by atoms with Crippen LogP contribution in [-0.4, -0.2) is 25.2 Å². The maximum Gasteiger partial charge on any atom is 0.148 e. The van der Waals surface area contributed by atoms with Crippen LogP contribution in [0.3, 0.4) is 0 Å². The minimum absolute atomic E-state index is 0.0300. The van der Waals surface area contributed by atoms with E-state index in [1.54, 1.807) is 7.11 Å².